The van der Waals surface area contributed by atoms with Gasteiger partial charge in [-0.2, -0.15) is 0 Å². The summed E-state index contributed by atoms with van der Waals surface area (Å²) in [5.74, 6) is -3.05. The first-order valence-corrected chi connectivity index (χ1v) is 9.49. The van der Waals surface area contributed by atoms with Crippen LogP contribution in [-0.4, -0.2) is 34.1 Å². The van der Waals surface area contributed by atoms with Crippen molar-refractivity contribution in [3.63, 3.8) is 0 Å². The van der Waals surface area contributed by atoms with Gasteiger partial charge in [-0.05, 0) is 26.0 Å². The summed E-state index contributed by atoms with van der Waals surface area (Å²) in [6, 6.07) is 9.33. The number of aliphatic hydroxyl groups excluding tert-OH is 2. The van der Waals surface area contributed by atoms with Crippen molar-refractivity contribution in [3.8, 4) is 0 Å². The van der Waals surface area contributed by atoms with Crippen LogP contribution in [0.3, 0.4) is 0 Å². The summed E-state index contributed by atoms with van der Waals surface area (Å²) in [5, 5.41) is 20.4. The van der Waals surface area contributed by atoms with Crippen molar-refractivity contribution >= 4 is 35.7 Å². The van der Waals surface area contributed by atoms with Crippen LogP contribution < -0.4 is 5.30 Å². The van der Waals surface area contributed by atoms with E-state index in [9.17, 15) is 19.8 Å². The number of hydrogen-bond acceptors (Lipinski definition) is 4. The van der Waals surface area contributed by atoms with Gasteiger partial charge in [0.2, 0.25) is 11.5 Å². The fourth-order valence-corrected chi connectivity index (χ4v) is 6.77. The molecule has 22 heavy (non-hydrogen) atoms. The van der Waals surface area contributed by atoms with Gasteiger partial charge in [-0.3, -0.25) is 9.59 Å². The van der Waals surface area contributed by atoms with E-state index in [2.05, 4.69) is 0 Å². The summed E-state index contributed by atoms with van der Waals surface area (Å²) in [4.78, 5) is 24.5. The number of aliphatic hydroxyl groups is 2. The summed E-state index contributed by atoms with van der Waals surface area (Å²) in [6.07, 6.45) is 1.19. The molecule has 0 unspecified atom stereocenters. The van der Waals surface area contributed by atoms with Gasteiger partial charge in [-0.1, -0.05) is 29.8 Å². The lowest BCUT2D eigenvalue weighted by Crippen LogP contribution is -2.29. The first-order valence-electron chi connectivity index (χ1n) is 6.95. The third kappa shape index (κ3) is 2.37. The van der Waals surface area contributed by atoms with E-state index in [1.807, 2.05) is 44.2 Å². The van der Waals surface area contributed by atoms with Crippen molar-refractivity contribution in [2.24, 2.45) is 0 Å². The number of rotatable bonds is 4. The summed E-state index contributed by atoms with van der Waals surface area (Å²) >= 11 is 5.63. The molecule has 0 radical (unpaired) electrons. The number of Topliss-reactive ketones (excluding diaryl/α,β-unsaturated/α-hetero) is 2. The van der Waals surface area contributed by atoms with E-state index in [4.69, 9.17) is 11.6 Å². The molecule has 0 atom stereocenters. The SMILES string of the molecule is CC[P+](CC)(C1=C(O)C(=O)C(Cl)=C(O)C1=O)c1ccccc1. The molecule has 0 aliphatic heterocycles. The van der Waals surface area contributed by atoms with Crippen molar-refractivity contribution in [2.75, 3.05) is 12.3 Å². The van der Waals surface area contributed by atoms with Crippen LogP contribution in [0.15, 0.2) is 52.2 Å². The lowest BCUT2D eigenvalue weighted by atomic mass is 10.1. The van der Waals surface area contributed by atoms with Crippen molar-refractivity contribution in [3.05, 3.63) is 52.2 Å². The molecule has 6 heteroatoms. The molecule has 0 heterocycles. The maximum atomic E-state index is 12.5. The number of hydrogen-bond donors (Lipinski definition) is 2. The number of carbonyl (C=O) groups excluding carboxylic acids is 2. The van der Waals surface area contributed by atoms with Gasteiger partial charge in [-0.25, -0.2) is 0 Å². The zero-order valence-electron chi connectivity index (χ0n) is 12.3. The summed E-state index contributed by atoms with van der Waals surface area (Å²) in [5.41, 5.74) is 0. The van der Waals surface area contributed by atoms with Crippen LogP contribution in [0.5, 0.6) is 0 Å². The van der Waals surface area contributed by atoms with Gasteiger partial charge >= 0.3 is 0 Å². The minimum atomic E-state index is -2.29. The number of halogens is 1. The van der Waals surface area contributed by atoms with E-state index in [0.29, 0.717) is 12.3 Å². The van der Waals surface area contributed by atoms with E-state index in [0.717, 1.165) is 5.30 Å². The Hall–Kier alpha value is -1.64. The van der Waals surface area contributed by atoms with Gasteiger partial charge in [0, 0.05) is 0 Å². The predicted molar refractivity (Wildman–Crippen MR) is 89.3 cm³/mol. The molecule has 0 aromatic heterocycles. The quantitative estimate of drug-likeness (QED) is 0.652. The van der Waals surface area contributed by atoms with Crippen molar-refractivity contribution in [1.29, 1.82) is 0 Å². The molecule has 0 amide bonds. The summed E-state index contributed by atoms with van der Waals surface area (Å²) in [6.45, 7) is 3.83. The van der Waals surface area contributed by atoms with Crippen molar-refractivity contribution in [1.82, 2.24) is 0 Å². The first-order chi connectivity index (χ1) is 10.4. The predicted octanol–water partition coefficient (Wildman–Crippen LogP) is 3.30. The Kier molecular flexibility index (Phi) is 4.74. The molecule has 1 aromatic rings. The van der Waals surface area contributed by atoms with Gasteiger partial charge in [0.25, 0.3) is 5.78 Å². The molecule has 1 aromatic carbocycles. The smallest absolute Gasteiger partial charge is 0.267 e. The summed E-state index contributed by atoms with van der Waals surface area (Å²) in [7, 11) is -2.29. The van der Waals surface area contributed by atoms with E-state index in [-0.39, 0.29) is 5.31 Å². The normalized spacial score (nSPS) is 16.5. The molecular formula is C16H17ClO4P+. The molecule has 1 aliphatic carbocycles. The van der Waals surface area contributed by atoms with Crippen LogP contribution in [0, 0.1) is 0 Å². The number of allylic oxidation sites excluding steroid dienone is 2. The minimum Gasteiger partial charge on any atom is -0.503 e. The average Bonchev–Trinajstić information content (AvgIpc) is 2.56. The van der Waals surface area contributed by atoms with Gasteiger partial charge in [0.05, 0.1) is 24.9 Å². The van der Waals surface area contributed by atoms with E-state index in [1.54, 1.807) is 0 Å². The molecule has 0 bridgehead atoms. The second-order valence-corrected chi connectivity index (χ2v) is 9.50. The van der Waals surface area contributed by atoms with E-state index >= 15 is 0 Å². The fourth-order valence-electron chi connectivity index (χ4n) is 2.78. The Morgan fingerprint density at radius 2 is 1.50 bits per heavy atom. The lowest BCUT2D eigenvalue weighted by Gasteiger charge is -2.28. The molecule has 0 saturated heterocycles. The number of ketones is 2. The Balaban J connectivity index is 2.74. The van der Waals surface area contributed by atoms with Crippen LogP contribution in [-0.2, 0) is 9.59 Å². The zero-order valence-corrected chi connectivity index (χ0v) is 14.0. The third-order valence-corrected chi connectivity index (χ3v) is 9.10. The monoisotopic (exact) mass is 339 g/mol. The highest BCUT2D eigenvalue weighted by molar-refractivity contribution is 7.87. The van der Waals surface area contributed by atoms with Gasteiger partial charge in [0.1, 0.15) is 5.03 Å². The average molecular weight is 340 g/mol. The molecule has 0 saturated carbocycles. The van der Waals surface area contributed by atoms with Gasteiger partial charge in [-0.15, -0.1) is 0 Å². The first kappa shape index (κ1) is 16.7. The standard InChI is InChI=1S/C16H16ClO4P/c1-3-22(4-2,10-8-6-5-7-9-10)16-14(20)12(18)11(17)13(19)15(16)21/h5-9H,3-4H2,1-2H3,(H-,18,19,20,21)/p+1. The third-order valence-electron chi connectivity index (χ3n) is 4.03. The Labute approximate surface area is 134 Å². The molecule has 0 spiro atoms. The maximum absolute atomic E-state index is 12.5. The number of carbonyl (C=O) groups is 2. The van der Waals surface area contributed by atoms with Crippen molar-refractivity contribution < 1.29 is 19.8 Å². The Morgan fingerprint density at radius 3 is 2.00 bits per heavy atom. The molecule has 4 nitrogen and oxygen atoms in total. The fraction of sp³-hybridized carbons (Fsp3) is 0.250. The van der Waals surface area contributed by atoms with Crippen LogP contribution in [0.25, 0.3) is 0 Å². The molecule has 2 N–H and O–H groups in total. The second-order valence-electron chi connectivity index (χ2n) is 4.95. The molecule has 1 aliphatic rings. The highest BCUT2D eigenvalue weighted by Crippen LogP contribution is 2.66. The topological polar surface area (TPSA) is 74.6 Å². The molecule has 116 valence electrons. The largest absolute Gasteiger partial charge is 0.503 e. The molecule has 0 fully saturated rings. The van der Waals surface area contributed by atoms with Crippen LogP contribution in [0.4, 0.5) is 0 Å². The van der Waals surface area contributed by atoms with Gasteiger partial charge < -0.3 is 10.2 Å². The summed E-state index contributed by atoms with van der Waals surface area (Å²) < 4.78 is 0. The highest BCUT2D eigenvalue weighted by atomic mass is 35.5. The van der Waals surface area contributed by atoms with Crippen LogP contribution >= 0.6 is 18.9 Å². The lowest BCUT2D eigenvalue weighted by molar-refractivity contribution is -0.119. The Morgan fingerprint density at radius 1 is 0.955 bits per heavy atom. The van der Waals surface area contributed by atoms with E-state index in [1.165, 1.54) is 0 Å². The van der Waals surface area contributed by atoms with Crippen LogP contribution in [0.1, 0.15) is 13.8 Å². The van der Waals surface area contributed by atoms with Crippen LogP contribution in [0.2, 0.25) is 0 Å². The zero-order chi connectivity index (χ0) is 16.5. The van der Waals surface area contributed by atoms with Crippen molar-refractivity contribution in [2.45, 2.75) is 13.8 Å². The van der Waals surface area contributed by atoms with E-state index < -0.39 is 35.4 Å². The van der Waals surface area contributed by atoms with Gasteiger partial charge in [0.15, 0.2) is 11.1 Å². The second kappa shape index (κ2) is 6.23. The Bertz CT molecular complexity index is 687. The highest BCUT2D eigenvalue weighted by Gasteiger charge is 2.52. The maximum Gasteiger partial charge on any atom is 0.267 e. The number of benzene rings is 1. The molecule has 2 rings (SSSR count). The minimum absolute atomic E-state index is 0.0237. The molecular weight excluding hydrogens is 323 g/mol.